The molecule has 2 N–H and O–H groups in total. The quantitative estimate of drug-likeness (QED) is 0.787. The largest absolute Gasteiger partial charge is 0.386 e. The number of likely N-dealkylation sites (N-methyl/N-ethyl adjacent to an activating group) is 1. The Labute approximate surface area is 113 Å². The summed E-state index contributed by atoms with van der Waals surface area (Å²) < 4.78 is 16.3. The number of benzene rings is 1. The molecule has 2 rings (SSSR count). The van der Waals surface area contributed by atoms with Gasteiger partial charge in [-0.3, -0.25) is 0 Å². The summed E-state index contributed by atoms with van der Waals surface area (Å²) in [5.74, 6) is 0. The minimum Gasteiger partial charge on any atom is -0.386 e. The van der Waals surface area contributed by atoms with E-state index < -0.39 is 12.4 Å². The SMILES string of the molecule is CN[C@@H]1[C@@H](O)[C@H](OC)O[C@@H]1COCc1ccccc1. The van der Waals surface area contributed by atoms with Gasteiger partial charge in [0.1, 0.15) is 12.2 Å². The summed E-state index contributed by atoms with van der Waals surface area (Å²) in [6.07, 6.45) is -1.49. The molecule has 5 nitrogen and oxygen atoms in total. The van der Waals surface area contributed by atoms with Crippen LogP contribution < -0.4 is 5.32 Å². The second-order valence-corrected chi connectivity index (χ2v) is 4.58. The van der Waals surface area contributed by atoms with Gasteiger partial charge in [0, 0.05) is 7.11 Å². The zero-order chi connectivity index (χ0) is 13.7. The lowest BCUT2D eigenvalue weighted by atomic mass is 10.1. The Kier molecular flexibility index (Phi) is 5.30. The van der Waals surface area contributed by atoms with Gasteiger partial charge in [0.2, 0.25) is 0 Å². The summed E-state index contributed by atoms with van der Waals surface area (Å²) >= 11 is 0. The van der Waals surface area contributed by atoms with Crippen molar-refractivity contribution in [2.75, 3.05) is 20.8 Å². The highest BCUT2D eigenvalue weighted by Crippen LogP contribution is 2.22. The minimum atomic E-state index is -0.680. The maximum atomic E-state index is 9.97. The van der Waals surface area contributed by atoms with E-state index in [4.69, 9.17) is 14.2 Å². The summed E-state index contributed by atoms with van der Waals surface area (Å²) in [5.41, 5.74) is 1.12. The highest BCUT2D eigenvalue weighted by molar-refractivity contribution is 5.13. The first-order chi connectivity index (χ1) is 9.26. The molecule has 1 fully saturated rings. The Balaban J connectivity index is 1.82. The molecule has 0 amide bonds. The van der Waals surface area contributed by atoms with Gasteiger partial charge in [-0.15, -0.1) is 0 Å². The molecule has 0 spiro atoms. The molecule has 0 unspecified atom stereocenters. The van der Waals surface area contributed by atoms with Crippen molar-refractivity contribution in [3.63, 3.8) is 0 Å². The van der Waals surface area contributed by atoms with Crippen LogP contribution in [-0.4, -0.2) is 50.4 Å². The van der Waals surface area contributed by atoms with Gasteiger partial charge in [0.05, 0.1) is 19.3 Å². The van der Waals surface area contributed by atoms with Crippen molar-refractivity contribution in [1.82, 2.24) is 5.32 Å². The maximum Gasteiger partial charge on any atom is 0.185 e. The summed E-state index contributed by atoms with van der Waals surface area (Å²) in [7, 11) is 3.31. The highest BCUT2D eigenvalue weighted by Gasteiger charge is 2.43. The molecule has 0 saturated carbocycles. The lowest BCUT2D eigenvalue weighted by molar-refractivity contribution is -0.156. The van der Waals surface area contributed by atoms with Gasteiger partial charge in [0.15, 0.2) is 6.29 Å². The Morgan fingerprint density at radius 3 is 2.68 bits per heavy atom. The van der Waals surface area contributed by atoms with Gasteiger partial charge in [-0.25, -0.2) is 0 Å². The Hall–Kier alpha value is -0.980. The molecular weight excluding hydrogens is 246 g/mol. The van der Waals surface area contributed by atoms with Gasteiger partial charge in [-0.1, -0.05) is 30.3 Å². The van der Waals surface area contributed by atoms with Gasteiger partial charge in [-0.2, -0.15) is 0 Å². The van der Waals surface area contributed by atoms with Crippen LogP contribution in [0.2, 0.25) is 0 Å². The third-order valence-electron chi connectivity index (χ3n) is 3.32. The first kappa shape index (κ1) is 14.4. The standard InChI is InChI=1S/C14H21NO4/c1-15-12-11(19-14(17-2)13(12)16)9-18-8-10-6-4-3-5-7-10/h3-7,11-16H,8-9H2,1-2H3/t11-,12+,13-,14-/m1/s1. The fourth-order valence-corrected chi connectivity index (χ4v) is 2.29. The molecule has 1 aromatic carbocycles. The molecule has 0 aromatic heterocycles. The number of hydrogen-bond acceptors (Lipinski definition) is 5. The van der Waals surface area contributed by atoms with E-state index in [1.165, 1.54) is 7.11 Å². The van der Waals surface area contributed by atoms with E-state index in [1.807, 2.05) is 30.3 Å². The predicted octanol–water partition coefficient (Wildman–Crippen LogP) is 0.523. The molecule has 1 aromatic rings. The molecule has 1 aliphatic rings. The normalized spacial score (nSPS) is 30.7. The molecule has 1 saturated heterocycles. The fraction of sp³-hybridized carbons (Fsp3) is 0.571. The molecule has 106 valence electrons. The van der Waals surface area contributed by atoms with Crippen LogP contribution in [0.4, 0.5) is 0 Å². The van der Waals surface area contributed by atoms with E-state index >= 15 is 0 Å². The van der Waals surface area contributed by atoms with Crippen LogP contribution in [0.3, 0.4) is 0 Å². The van der Waals surface area contributed by atoms with Crippen LogP contribution in [0, 0.1) is 0 Å². The molecule has 19 heavy (non-hydrogen) atoms. The minimum absolute atomic E-state index is 0.180. The second-order valence-electron chi connectivity index (χ2n) is 4.58. The van der Waals surface area contributed by atoms with E-state index in [-0.39, 0.29) is 12.1 Å². The summed E-state index contributed by atoms with van der Waals surface area (Å²) in [4.78, 5) is 0. The molecule has 0 bridgehead atoms. The Morgan fingerprint density at radius 1 is 1.32 bits per heavy atom. The van der Waals surface area contributed by atoms with E-state index in [2.05, 4.69) is 5.32 Å². The van der Waals surface area contributed by atoms with Gasteiger partial charge in [0.25, 0.3) is 0 Å². The van der Waals surface area contributed by atoms with Crippen LogP contribution in [0.1, 0.15) is 5.56 Å². The fourth-order valence-electron chi connectivity index (χ4n) is 2.29. The molecule has 0 aliphatic carbocycles. The van der Waals surface area contributed by atoms with Crippen molar-refractivity contribution in [2.24, 2.45) is 0 Å². The number of nitrogens with one attached hydrogen (secondary N) is 1. The molecule has 1 heterocycles. The third kappa shape index (κ3) is 3.52. The monoisotopic (exact) mass is 267 g/mol. The van der Waals surface area contributed by atoms with E-state index in [1.54, 1.807) is 7.05 Å². The predicted molar refractivity (Wildman–Crippen MR) is 70.6 cm³/mol. The lowest BCUT2D eigenvalue weighted by Crippen LogP contribution is -2.44. The van der Waals surface area contributed by atoms with Crippen LogP contribution in [-0.2, 0) is 20.8 Å². The van der Waals surface area contributed by atoms with E-state index in [0.717, 1.165) is 5.56 Å². The molecule has 4 atom stereocenters. The number of rotatable bonds is 6. The van der Waals surface area contributed by atoms with Gasteiger partial charge < -0.3 is 24.6 Å². The van der Waals surface area contributed by atoms with E-state index in [0.29, 0.717) is 13.2 Å². The second kappa shape index (κ2) is 6.98. The van der Waals surface area contributed by atoms with Crippen molar-refractivity contribution < 1.29 is 19.3 Å². The van der Waals surface area contributed by atoms with Crippen LogP contribution in [0.5, 0.6) is 0 Å². The van der Waals surface area contributed by atoms with Gasteiger partial charge >= 0.3 is 0 Å². The van der Waals surface area contributed by atoms with Crippen LogP contribution in [0.15, 0.2) is 30.3 Å². The number of aliphatic hydroxyl groups excluding tert-OH is 1. The Morgan fingerprint density at radius 2 is 2.05 bits per heavy atom. The van der Waals surface area contributed by atoms with Crippen molar-refractivity contribution in [3.05, 3.63) is 35.9 Å². The number of hydrogen-bond donors (Lipinski definition) is 2. The molecule has 5 heteroatoms. The average molecular weight is 267 g/mol. The topological polar surface area (TPSA) is 60.0 Å². The summed E-state index contributed by atoms with van der Waals surface area (Å²) in [6.45, 7) is 0.947. The lowest BCUT2D eigenvalue weighted by Gasteiger charge is -2.19. The first-order valence-corrected chi connectivity index (χ1v) is 6.41. The summed E-state index contributed by atoms with van der Waals surface area (Å²) in [5, 5.41) is 13.0. The zero-order valence-corrected chi connectivity index (χ0v) is 11.3. The summed E-state index contributed by atoms with van der Waals surface area (Å²) in [6, 6.07) is 9.77. The third-order valence-corrected chi connectivity index (χ3v) is 3.32. The number of ether oxygens (including phenoxy) is 3. The van der Waals surface area contributed by atoms with Crippen molar-refractivity contribution >= 4 is 0 Å². The van der Waals surface area contributed by atoms with E-state index in [9.17, 15) is 5.11 Å². The van der Waals surface area contributed by atoms with Crippen LogP contribution in [0.25, 0.3) is 0 Å². The number of aliphatic hydroxyl groups is 1. The Bertz CT molecular complexity index is 373. The molecule has 0 radical (unpaired) electrons. The maximum absolute atomic E-state index is 9.97. The van der Waals surface area contributed by atoms with Crippen molar-refractivity contribution in [1.29, 1.82) is 0 Å². The molecule has 1 aliphatic heterocycles. The zero-order valence-electron chi connectivity index (χ0n) is 11.3. The smallest absolute Gasteiger partial charge is 0.185 e. The van der Waals surface area contributed by atoms with Crippen molar-refractivity contribution in [2.45, 2.75) is 31.1 Å². The van der Waals surface area contributed by atoms with Crippen LogP contribution >= 0.6 is 0 Å². The number of methoxy groups -OCH3 is 1. The average Bonchev–Trinajstić information content (AvgIpc) is 2.75. The van der Waals surface area contributed by atoms with Gasteiger partial charge in [-0.05, 0) is 12.6 Å². The first-order valence-electron chi connectivity index (χ1n) is 6.41. The highest BCUT2D eigenvalue weighted by atomic mass is 16.7. The van der Waals surface area contributed by atoms with Crippen molar-refractivity contribution in [3.8, 4) is 0 Å². The molecular formula is C14H21NO4.